The number of nitrogens with zero attached hydrogens (tertiary/aromatic N) is 6. The Morgan fingerprint density at radius 1 is 1.20 bits per heavy atom. The molecule has 0 bridgehead atoms. The van der Waals surface area contributed by atoms with Crippen molar-refractivity contribution in [2.75, 3.05) is 5.32 Å². The van der Waals surface area contributed by atoms with Crippen LogP contribution in [0.25, 0.3) is 17.0 Å². The predicted molar refractivity (Wildman–Crippen MR) is 112 cm³/mol. The van der Waals surface area contributed by atoms with Crippen LogP contribution in [0.2, 0.25) is 0 Å². The molecule has 1 aliphatic carbocycles. The maximum Gasteiger partial charge on any atom is 0.228 e. The summed E-state index contributed by atoms with van der Waals surface area (Å²) in [5.41, 5.74) is 4.69. The molecule has 0 aliphatic heterocycles. The lowest BCUT2D eigenvalue weighted by atomic mass is 9.92. The standard InChI is InChI=1S/C22H22FN7/c1-13(2)18-12-26-30-21(18)28-20(15-8-16(23)11-24-10-15)29-22(30)27-17-5-6-19-14(9-17)4-3-7-25-19/h3-4,7-8,10-13,17H,5-6,9H2,1-2H3,(H,27,28,29)/t17-/m1/s1. The molecule has 1 N–H and O–H groups in total. The third kappa shape index (κ3) is 3.38. The number of aryl methyl sites for hydroxylation is 1. The Hall–Kier alpha value is -3.42. The van der Waals surface area contributed by atoms with E-state index in [9.17, 15) is 4.39 Å². The lowest BCUT2D eigenvalue weighted by Crippen LogP contribution is -2.29. The monoisotopic (exact) mass is 403 g/mol. The zero-order valence-electron chi connectivity index (χ0n) is 16.9. The van der Waals surface area contributed by atoms with Crippen molar-refractivity contribution in [2.24, 2.45) is 0 Å². The van der Waals surface area contributed by atoms with Crippen LogP contribution in [0.3, 0.4) is 0 Å². The van der Waals surface area contributed by atoms with Gasteiger partial charge >= 0.3 is 0 Å². The molecule has 4 aromatic rings. The van der Waals surface area contributed by atoms with Gasteiger partial charge in [0.2, 0.25) is 5.95 Å². The highest BCUT2D eigenvalue weighted by Crippen LogP contribution is 2.26. The normalized spacial score (nSPS) is 16.1. The van der Waals surface area contributed by atoms with Gasteiger partial charge in [0.15, 0.2) is 11.5 Å². The molecule has 0 aromatic carbocycles. The minimum Gasteiger partial charge on any atom is -0.351 e. The molecule has 1 aliphatic rings. The molecule has 0 spiro atoms. The van der Waals surface area contributed by atoms with E-state index in [1.54, 1.807) is 10.7 Å². The van der Waals surface area contributed by atoms with Gasteiger partial charge in [-0.1, -0.05) is 19.9 Å². The third-order valence-corrected chi connectivity index (χ3v) is 5.49. The molecule has 30 heavy (non-hydrogen) atoms. The molecule has 4 aromatic heterocycles. The lowest BCUT2D eigenvalue weighted by Gasteiger charge is -2.25. The summed E-state index contributed by atoms with van der Waals surface area (Å²) in [6.07, 6.45) is 9.15. The quantitative estimate of drug-likeness (QED) is 0.558. The molecule has 152 valence electrons. The summed E-state index contributed by atoms with van der Waals surface area (Å²) in [7, 11) is 0. The van der Waals surface area contributed by atoms with Crippen molar-refractivity contribution in [3.8, 4) is 11.4 Å². The number of hydrogen-bond donors (Lipinski definition) is 1. The second kappa shape index (κ2) is 7.44. The first-order chi connectivity index (χ1) is 14.6. The number of hydrogen-bond acceptors (Lipinski definition) is 6. The Labute approximate surface area is 173 Å². The Kier molecular flexibility index (Phi) is 4.61. The summed E-state index contributed by atoms with van der Waals surface area (Å²) < 4.78 is 15.5. The van der Waals surface area contributed by atoms with Gasteiger partial charge in [0.05, 0.1) is 12.4 Å². The van der Waals surface area contributed by atoms with E-state index in [2.05, 4.69) is 40.3 Å². The number of rotatable bonds is 4. The van der Waals surface area contributed by atoms with E-state index in [4.69, 9.17) is 9.97 Å². The van der Waals surface area contributed by atoms with Gasteiger partial charge in [-0.3, -0.25) is 9.97 Å². The average Bonchev–Trinajstić information content (AvgIpc) is 3.18. The van der Waals surface area contributed by atoms with Gasteiger partial charge in [-0.2, -0.15) is 14.6 Å². The van der Waals surface area contributed by atoms with Crippen molar-refractivity contribution in [1.29, 1.82) is 0 Å². The molecular formula is C22H22FN7. The van der Waals surface area contributed by atoms with Crippen LogP contribution in [-0.4, -0.2) is 35.6 Å². The van der Waals surface area contributed by atoms with E-state index in [0.29, 0.717) is 17.3 Å². The number of halogens is 1. The van der Waals surface area contributed by atoms with E-state index < -0.39 is 5.82 Å². The minimum absolute atomic E-state index is 0.199. The second-order valence-electron chi connectivity index (χ2n) is 7.95. The Morgan fingerprint density at radius 3 is 2.93 bits per heavy atom. The Morgan fingerprint density at radius 2 is 2.10 bits per heavy atom. The topological polar surface area (TPSA) is 80.9 Å². The van der Waals surface area contributed by atoms with Crippen LogP contribution in [-0.2, 0) is 12.8 Å². The van der Waals surface area contributed by atoms with Gasteiger partial charge in [-0.05, 0) is 42.9 Å². The van der Waals surface area contributed by atoms with Crippen LogP contribution in [0.5, 0.6) is 0 Å². The lowest BCUT2D eigenvalue weighted by molar-refractivity contribution is 0.591. The van der Waals surface area contributed by atoms with Crippen LogP contribution < -0.4 is 5.32 Å². The molecule has 5 rings (SSSR count). The predicted octanol–water partition coefficient (Wildman–Crippen LogP) is 3.81. The van der Waals surface area contributed by atoms with Crippen molar-refractivity contribution < 1.29 is 4.39 Å². The molecule has 0 saturated heterocycles. The van der Waals surface area contributed by atoms with Gasteiger partial charge in [0, 0.05) is 35.3 Å². The molecule has 7 nitrogen and oxygen atoms in total. The summed E-state index contributed by atoms with van der Waals surface area (Å²) >= 11 is 0. The van der Waals surface area contributed by atoms with Gasteiger partial charge in [0.1, 0.15) is 5.82 Å². The van der Waals surface area contributed by atoms with Crippen LogP contribution in [0.4, 0.5) is 10.3 Å². The molecule has 1 atom stereocenters. The number of anilines is 1. The van der Waals surface area contributed by atoms with E-state index in [1.807, 2.05) is 18.5 Å². The molecule has 0 amide bonds. The molecule has 0 radical (unpaired) electrons. The van der Waals surface area contributed by atoms with Crippen LogP contribution in [0.15, 0.2) is 43.0 Å². The van der Waals surface area contributed by atoms with E-state index in [0.717, 1.165) is 36.2 Å². The van der Waals surface area contributed by atoms with E-state index >= 15 is 0 Å². The number of nitrogens with one attached hydrogen (secondary N) is 1. The summed E-state index contributed by atoms with van der Waals surface area (Å²) in [4.78, 5) is 17.8. The first-order valence-corrected chi connectivity index (χ1v) is 10.1. The minimum atomic E-state index is -0.417. The van der Waals surface area contributed by atoms with Crippen molar-refractivity contribution in [3.05, 3.63) is 65.6 Å². The molecule has 0 fully saturated rings. The van der Waals surface area contributed by atoms with Gasteiger partial charge in [-0.25, -0.2) is 9.37 Å². The molecule has 0 unspecified atom stereocenters. The zero-order chi connectivity index (χ0) is 20.7. The van der Waals surface area contributed by atoms with Crippen LogP contribution in [0, 0.1) is 5.82 Å². The third-order valence-electron chi connectivity index (χ3n) is 5.49. The second-order valence-corrected chi connectivity index (χ2v) is 7.95. The SMILES string of the molecule is CC(C)c1cnn2c(N[C@@H]3CCc4ncccc4C3)nc(-c3cncc(F)c3)nc12. The van der Waals surface area contributed by atoms with Crippen molar-refractivity contribution in [1.82, 2.24) is 29.5 Å². The number of fused-ring (bicyclic) bond motifs is 2. The summed E-state index contributed by atoms with van der Waals surface area (Å²) in [5, 5.41) is 8.08. The smallest absolute Gasteiger partial charge is 0.228 e. The molecule has 0 saturated carbocycles. The summed E-state index contributed by atoms with van der Waals surface area (Å²) in [5.74, 6) is 0.858. The average molecular weight is 403 g/mol. The highest BCUT2D eigenvalue weighted by atomic mass is 19.1. The molecular weight excluding hydrogens is 381 g/mol. The highest BCUT2D eigenvalue weighted by molar-refractivity contribution is 5.62. The van der Waals surface area contributed by atoms with Crippen LogP contribution >= 0.6 is 0 Å². The zero-order valence-corrected chi connectivity index (χ0v) is 16.9. The van der Waals surface area contributed by atoms with Gasteiger partial charge in [0.25, 0.3) is 0 Å². The maximum atomic E-state index is 13.8. The van der Waals surface area contributed by atoms with E-state index in [1.165, 1.54) is 17.8 Å². The van der Waals surface area contributed by atoms with Gasteiger partial charge in [-0.15, -0.1) is 0 Å². The maximum absolute atomic E-state index is 13.8. The Bertz CT molecular complexity index is 1220. The largest absolute Gasteiger partial charge is 0.351 e. The van der Waals surface area contributed by atoms with Crippen molar-refractivity contribution >= 4 is 11.6 Å². The molecule has 8 heteroatoms. The fraction of sp³-hybridized carbons (Fsp3) is 0.318. The fourth-order valence-electron chi connectivity index (χ4n) is 3.92. The number of pyridine rings is 2. The highest BCUT2D eigenvalue weighted by Gasteiger charge is 2.22. The Balaban J connectivity index is 1.57. The summed E-state index contributed by atoms with van der Waals surface area (Å²) in [6.45, 7) is 4.20. The number of aromatic nitrogens is 6. The molecule has 4 heterocycles. The first kappa shape index (κ1) is 18.6. The fourth-order valence-corrected chi connectivity index (χ4v) is 3.92. The first-order valence-electron chi connectivity index (χ1n) is 10.1. The van der Waals surface area contributed by atoms with Crippen molar-refractivity contribution in [2.45, 2.75) is 45.1 Å². The van der Waals surface area contributed by atoms with Crippen molar-refractivity contribution in [3.63, 3.8) is 0 Å². The van der Waals surface area contributed by atoms with Crippen LogP contribution in [0.1, 0.15) is 43.0 Å². The summed E-state index contributed by atoms with van der Waals surface area (Å²) in [6, 6.07) is 5.70. The van der Waals surface area contributed by atoms with Gasteiger partial charge < -0.3 is 5.32 Å². The van der Waals surface area contributed by atoms with E-state index in [-0.39, 0.29) is 12.0 Å².